The summed E-state index contributed by atoms with van der Waals surface area (Å²) >= 11 is 3.37. The molecular formula is C14H16BrNO2. The highest BCUT2D eigenvalue weighted by molar-refractivity contribution is 9.10. The Morgan fingerprint density at radius 2 is 2.11 bits per heavy atom. The summed E-state index contributed by atoms with van der Waals surface area (Å²) in [6, 6.07) is 9.72. The Hall–Kier alpha value is -0.890. The van der Waals surface area contributed by atoms with Gasteiger partial charge in [0.05, 0.1) is 12.7 Å². The summed E-state index contributed by atoms with van der Waals surface area (Å²) in [6.45, 7) is 2.65. The zero-order valence-corrected chi connectivity index (χ0v) is 11.9. The van der Waals surface area contributed by atoms with Gasteiger partial charge in [0.25, 0.3) is 0 Å². The molecule has 1 aromatic rings. The second-order valence-electron chi connectivity index (χ2n) is 4.93. The minimum Gasteiger partial charge on any atom is -0.384 e. The molecule has 96 valence electrons. The molecule has 1 heterocycles. The third kappa shape index (κ3) is 2.18. The fourth-order valence-electron chi connectivity index (χ4n) is 2.43. The van der Waals surface area contributed by atoms with E-state index in [1.54, 1.807) is 6.92 Å². The zero-order valence-electron chi connectivity index (χ0n) is 10.3. The van der Waals surface area contributed by atoms with E-state index < -0.39 is 11.0 Å². The van der Waals surface area contributed by atoms with E-state index in [2.05, 4.69) is 22.0 Å². The van der Waals surface area contributed by atoms with Crippen molar-refractivity contribution in [1.82, 2.24) is 0 Å². The van der Waals surface area contributed by atoms with Crippen LogP contribution >= 0.6 is 15.9 Å². The first kappa shape index (κ1) is 13.5. The van der Waals surface area contributed by atoms with Crippen molar-refractivity contribution in [1.29, 1.82) is 5.26 Å². The van der Waals surface area contributed by atoms with Gasteiger partial charge in [-0.05, 0) is 37.5 Å². The van der Waals surface area contributed by atoms with Gasteiger partial charge in [-0.15, -0.1) is 0 Å². The molecule has 1 N–H and O–H groups in total. The summed E-state index contributed by atoms with van der Waals surface area (Å²) < 4.78 is 6.37. The van der Waals surface area contributed by atoms with Gasteiger partial charge in [-0.2, -0.15) is 5.26 Å². The molecule has 2 atom stereocenters. The van der Waals surface area contributed by atoms with Crippen molar-refractivity contribution in [3.8, 4) is 6.07 Å². The Bertz CT molecular complexity index is 456. The molecule has 3 nitrogen and oxygen atoms in total. The third-order valence-electron chi connectivity index (χ3n) is 3.79. The minimum absolute atomic E-state index is 0.284. The van der Waals surface area contributed by atoms with Crippen LogP contribution in [0.5, 0.6) is 0 Å². The van der Waals surface area contributed by atoms with Crippen LogP contribution in [0.1, 0.15) is 25.3 Å². The van der Waals surface area contributed by atoms with Crippen molar-refractivity contribution in [3.05, 3.63) is 34.3 Å². The van der Waals surface area contributed by atoms with Gasteiger partial charge in [0.2, 0.25) is 0 Å². The molecule has 2 rings (SSSR count). The molecule has 0 amide bonds. The van der Waals surface area contributed by atoms with Crippen LogP contribution in [0.4, 0.5) is 0 Å². The Labute approximate surface area is 116 Å². The number of halogens is 1. The van der Waals surface area contributed by atoms with Crippen LogP contribution < -0.4 is 0 Å². The summed E-state index contributed by atoms with van der Waals surface area (Å²) in [5.41, 5.74) is -1.32. The first-order valence-electron chi connectivity index (χ1n) is 5.99. The lowest BCUT2D eigenvalue weighted by Gasteiger charge is -2.42. The Morgan fingerprint density at radius 3 is 2.61 bits per heavy atom. The van der Waals surface area contributed by atoms with E-state index in [-0.39, 0.29) is 6.61 Å². The number of hydrogen-bond donors (Lipinski definition) is 1. The van der Waals surface area contributed by atoms with E-state index >= 15 is 0 Å². The zero-order chi connectivity index (χ0) is 13.2. The van der Waals surface area contributed by atoms with Crippen LogP contribution in [0, 0.1) is 16.7 Å². The average molecular weight is 310 g/mol. The SMILES string of the molecule is CC(O)(c1ccc(Br)cc1)C1(C#N)CCCOC1. The number of ether oxygens (including phenoxy) is 1. The molecule has 1 fully saturated rings. The summed E-state index contributed by atoms with van der Waals surface area (Å²) in [7, 11) is 0. The van der Waals surface area contributed by atoms with Gasteiger partial charge >= 0.3 is 0 Å². The maximum Gasteiger partial charge on any atom is 0.113 e. The highest BCUT2D eigenvalue weighted by Gasteiger charge is 2.50. The largest absolute Gasteiger partial charge is 0.384 e. The Kier molecular flexibility index (Phi) is 3.76. The van der Waals surface area contributed by atoms with Crippen LogP contribution in [-0.2, 0) is 10.3 Å². The van der Waals surface area contributed by atoms with E-state index in [1.807, 2.05) is 24.3 Å². The predicted molar refractivity (Wildman–Crippen MR) is 71.8 cm³/mol. The quantitative estimate of drug-likeness (QED) is 0.913. The average Bonchev–Trinajstić information content (AvgIpc) is 2.40. The monoisotopic (exact) mass is 309 g/mol. The molecule has 0 saturated carbocycles. The molecule has 4 heteroatoms. The second-order valence-corrected chi connectivity index (χ2v) is 5.84. The van der Waals surface area contributed by atoms with Crippen LogP contribution in [0.15, 0.2) is 28.7 Å². The van der Waals surface area contributed by atoms with Crippen LogP contribution in [0.25, 0.3) is 0 Å². The minimum atomic E-state index is -1.21. The van der Waals surface area contributed by atoms with Crippen LogP contribution in [0.3, 0.4) is 0 Å². The van der Waals surface area contributed by atoms with Gasteiger partial charge in [-0.3, -0.25) is 0 Å². The van der Waals surface area contributed by atoms with E-state index in [1.165, 1.54) is 0 Å². The molecule has 1 aromatic carbocycles. The van der Waals surface area contributed by atoms with Crippen molar-refractivity contribution < 1.29 is 9.84 Å². The summed E-state index contributed by atoms with van der Waals surface area (Å²) in [5.74, 6) is 0. The molecule has 0 bridgehead atoms. The van der Waals surface area contributed by atoms with Crippen molar-refractivity contribution in [3.63, 3.8) is 0 Å². The lowest BCUT2D eigenvalue weighted by molar-refractivity contribution is -0.113. The van der Waals surface area contributed by atoms with Gasteiger partial charge in [0.15, 0.2) is 0 Å². The van der Waals surface area contributed by atoms with Crippen molar-refractivity contribution in [2.75, 3.05) is 13.2 Å². The Balaban J connectivity index is 2.39. The summed E-state index contributed by atoms with van der Waals surface area (Å²) in [5, 5.41) is 20.3. The molecule has 0 aliphatic carbocycles. The molecule has 0 spiro atoms. The lowest BCUT2D eigenvalue weighted by atomic mass is 9.67. The fourth-order valence-corrected chi connectivity index (χ4v) is 2.69. The Morgan fingerprint density at radius 1 is 1.44 bits per heavy atom. The molecule has 1 saturated heterocycles. The van der Waals surface area contributed by atoms with E-state index in [9.17, 15) is 10.4 Å². The number of hydrogen-bond acceptors (Lipinski definition) is 3. The standard InChI is InChI=1S/C14H16BrNO2/c1-13(17,11-3-5-12(15)6-4-11)14(9-16)7-2-8-18-10-14/h3-6,17H,2,7-8,10H2,1H3. The van der Waals surface area contributed by atoms with Crippen LogP contribution in [0.2, 0.25) is 0 Å². The third-order valence-corrected chi connectivity index (χ3v) is 4.32. The number of nitrogens with zero attached hydrogens (tertiary/aromatic N) is 1. The van der Waals surface area contributed by atoms with Crippen molar-refractivity contribution in [2.45, 2.75) is 25.4 Å². The van der Waals surface area contributed by atoms with Gasteiger partial charge in [0, 0.05) is 11.1 Å². The number of rotatable bonds is 2. The van der Waals surface area contributed by atoms with Gasteiger partial charge in [0.1, 0.15) is 11.0 Å². The number of benzene rings is 1. The van der Waals surface area contributed by atoms with Gasteiger partial charge < -0.3 is 9.84 Å². The molecular weight excluding hydrogens is 294 g/mol. The molecule has 18 heavy (non-hydrogen) atoms. The topological polar surface area (TPSA) is 53.2 Å². The van der Waals surface area contributed by atoms with Crippen molar-refractivity contribution in [2.24, 2.45) is 5.41 Å². The van der Waals surface area contributed by atoms with Crippen molar-refractivity contribution >= 4 is 15.9 Å². The molecule has 0 radical (unpaired) electrons. The molecule has 2 unspecified atom stereocenters. The van der Waals surface area contributed by atoms with Gasteiger partial charge in [-0.1, -0.05) is 28.1 Å². The number of nitriles is 1. The van der Waals surface area contributed by atoms with E-state index in [0.29, 0.717) is 13.0 Å². The predicted octanol–water partition coefficient (Wildman–Crippen LogP) is 2.98. The first-order valence-corrected chi connectivity index (χ1v) is 6.79. The molecule has 1 aliphatic rings. The number of aliphatic hydroxyl groups is 1. The fraction of sp³-hybridized carbons (Fsp3) is 0.500. The van der Waals surface area contributed by atoms with Gasteiger partial charge in [-0.25, -0.2) is 0 Å². The lowest BCUT2D eigenvalue weighted by Crippen LogP contribution is -2.48. The normalized spacial score (nSPS) is 27.2. The summed E-state index contributed by atoms with van der Waals surface area (Å²) in [4.78, 5) is 0. The van der Waals surface area contributed by atoms with E-state index in [0.717, 1.165) is 16.5 Å². The molecule has 1 aliphatic heterocycles. The van der Waals surface area contributed by atoms with Crippen LogP contribution in [-0.4, -0.2) is 18.3 Å². The second kappa shape index (κ2) is 5.00. The summed E-state index contributed by atoms with van der Waals surface area (Å²) in [6.07, 6.45) is 1.47. The van der Waals surface area contributed by atoms with E-state index in [4.69, 9.17) is 4.74 Å². The highest BCUT2D eigenvalue weighted by Crippen LogP contribution is 2.45. The first-order chi connectivity index (χ1) is 8.52. The molecule has 0 aromatic heterocycles. The highest BCUT2D eigenvalue weighted by atomic mass is 79.9. The smallest absolute Gasteiger partial charge is 0.113 e. The maximum atomic E-state index is 10.8. The maximum absolute atomic E-state index is 10.8.